The summed E-state index contributed by atoms with van der Waals surface area (Å²) in [6.45, 7) is 0. The SMILES string of the molecule is O=C(Nc1cnc(Br)c(Cl)n1)c1cc(Cl)ccc1NS(=O)(=O)c1ccc(Oc2ccccc2Cl)cc1. The van der Waals surface area contributed by atoms with Crippen LogP contribution in [0.5, 0.6) is 11.5 Å². The second kappa shape index (κ2) is 11.0. The van der Waals surface area contributed by atoms with E-state index in [1.165, 1.54) is 48.7 Å². The van der Waals surface area contributed by atoms with E-state index in [1.807, 2.05) is 0 Å². The van der Waals surface area contributed by atoms with E-state index in [9.17, 15) is 13.2 Å². The number of nitrogens with one attached hydrogen (secondary N) is 2. The first kappa shape index (κ1) is 26.2. The Hall–Kier alpha value is -2.89. The van der Waals surface area contributed by atoms with E-state index >= 15 is 0 Å². The van der Waals surface area contributed by atoms with E-state index in [-0.39, 0.29) is 32.1 Å². The van der Waals surface area contributed by atoms with Crippen LogP contribution in [0.4, 0.5) is 11.5 Å². The smallest absolute Gasteiger partial charge is 0.261 e. The molecule has 0 fully saturated rings. The summed E-state index contributed by atoms with van der Waals surface area (Å²) in [4.78, 5) is 20.8. The average Bonchev–Trinajstić information content (AvgIpc) is 2.84. The molecule has 4 aromatic rings. The van der Waals surface area contributed by atoms with E-state index in [4.69, 9.17) is 39.5 Å². The molecule has 0 radical (unpaired) electrons. The maximum absolute atomic E-state index is 13.0. The number of carbonyl (C=O) groups excluding carboxylic acids is 1. The van der Waals surface area contributed by atoms with Crippen LogP contribution >= 0.6 is 50.7 Å². The van der Waals surface area contributed by atoms with Crippen molar-refractivity contribution in [2.24, 2.45) is 0 Å². The molecule has 13 heteroatoms. The number of nitrogens with zero attached hydrogens (tertiary/aromatic N) is 2. The van der Waals surface area contributed by atoms with E-state index in [2.05, 4.69) is 35.9 Å². The van der Waals surface area contributed by atoms with Crippen LogP contribution in [-0.4, -0.2) is 24.3 Å². The lowest BCUT2D eigenvalue weighted by atomic mass is 10.1. The number of rotatable bonds is 7. The van der Waals surface area contributed by atoms with Crippen LogP contribution in [-0.2, 0) is 10.0 Å². The summed E-state index contributed by atoms with van der Waals surface area (Å²) >= 11 is 21.2. The van der Waals surface area contributed by atoms with Crippen molar-refractivity contribution in [3.63, 3.8) is 0 Å². The van der Waals surface area contributed by atoms with E-state index in [0.717, 1.165) is 0 Å². The maximum Gasteiger partial charge on any atom is 0.261 e. The number of halogens is 4. The first-order chi connectivity index (χ1) is 17.1. The molecule has 0 bridgehead atoms. The van der Waals surface area contributed by atoms with E-state index < -0.39 is 15.9 Å². The van der Waals surface area contributed by atoms with Gasteiger partial charge in [-0.3, -0.25) is 9.52 Å². The summed E-state index contributed by atoms with van der Waals surface area (Å²) in [7, 11) is -4.08. The van der Waals surface area contributed by atoms with Crippen molar-refractivity contribution in [3.05, 3.63) is 98.3 Å². The van der Waals surface area contributed by atoms with Crippen molar-refractivity contribution >= 4 is 78.2 Å². The molecule has 0 saturated carbocycles. The zero-order valence-corrected chi connectivity index (χ0v) is 22.5. The minimum Gasteiger partial charge on any atom is -0.456 e. The number of carbonyl (C=O) groups is 1. The fraction of sp³-hybridized carbons (Fsp3) is 0. The van der Waals surface area contributed by atoms with Gasteiger partial charge in [-0.25, -0.2) is 18.4 Å². The second-order valence-corrected chi connectivity index (χ2v) is 10.7. The average molecular weight is 629 g/mol. The highest BCUT2D eigenvalue weighted by atomic mass is 79.9. The van der Waals surface area contributed by atoms with E-state index in [1.54, 1.807) is 24.3 Å². The largest absolute Gasteiger partial charge is 0.456 e. The third-order valence-electron chi connectivity index (χ3n) is 4.60. The molecule has 36 heavy (non-hydrogen) atoms. The summed E-state index contributed by atoms with van der Waals surface area (Å²) in [6.07, 6.45) is 1.29. The van der Waals surface area contributed by atoms with Crippen molar-refractivity contribution in [1.82, 2.24) is 9.97 Å². The molecule has 184 valence electrons. The summed E-state index contributed by atoms with van der Waals surface area (Å²) in [5, 5.41) is 3.20. The zero-order valence-electron chi connectivity index (χ0n) is 17.9. The highest BCUT2D eigenvalue weighted by Crippen LogP contribution is 2.30. The van der Waals surface area contributed by atoms with Gasteiger partial charge in [-0.1, -0.05) is 46.9 Å². The number of benzene rings is 3. The Bertz CT molecular complexity index is 1550. The number of para-hydroxylation sites is 1. The minimum atomic E-state index is -4.08. The molecule has 0 atom stereocenters. The highest BCUT2D eigenvalue weighted by Gasteiger charge is 2.20. The Morgan fingerprint density at radius 1 is 0.972 bits per heavy atom. The number of aromatic nitrogens is 2. The molecule has 0 aliphatic rings. The van der Waals surface area contributed by atoms with Gasteiger partial charge < -0.3 is 10.1 Å². The Balaban J connectivity index is 1.55. The summed E-state index contributed by atoms with van der Waals surface area (Å²) in [5.41, 5.74) is -0.0324. The predicted octanol–water partition coefficient (Wildman–Crippen LogP) is 7.04. The van der Waals surface area contributed by atoms with Gasteiger partial charge in [-0.05, 0) is 70.5 Å². The third-order valence-corrected chi connectivity index (χ3v) is 7.60. The molecule has 2 N–H and O–H groups in total. The predicted molar refractivity (Wildman–Crippen MR) is 143 cm³/mol. The van der Waals surface area contributed by atoms with E-state index in [0.29, 0.717) is 21.1 Å². The molecule has 3 aromatic carbocycles. The molecule has 1 aromatic heterocycles. The number of sulfonamides is 1. The quantitative estimate of drug-likeness (QED) is 0.227. The van der Waals surface area contributed by atoms with Gasteiger partial charge in [0, 0.05) is 5.02 Å². The van der Waals surface area contributed by atoms with Gasteiger partial charge >= 0.3 is 0 Å². The monoisotopic (exact) mass is 626 g/mol. The molecule has 0 unspecified atom stereocenters. The van der Waals surface area contributed by atoms with Crippen LogP contribution in [0.3, 0.4) is 0 Å². The first-order valence-corrected chi connectivity index (χ1v) is 13.4. The van der Waals surface area contributed by atoms with Gasteiger partial charge in [0.25, 0.3) is 15.9 Å². The second-order valence-electron chi connectivity index (χ2n) is 7.09. The fourth-order valence-corrected chi connectivity index (χ4v) is 4.69. The van der Waals surface area contributed by atoms with Crippen LogP contribution in [0.1, 0.15) is 10.4 Å². The van der Waals surface area contributed by atoms with Gasteiger partial charge in [-0.2, -0.15) is 0 Å². The maximum atomic E-state index is 13.0. The number of anilines is 2. The Labute approximate surface area is 229 Å². The number of ether oxygens (including phenoxy) is 1. The van der Waals surface area contributed by atoms with Crippen LogP contribution in [0.2, 0.25) is 15.2 Å². The first-order valence-electron chi connectivity index (χ1n) is 9.96. The van der Waals surface area contributed by atoms with Gasteiger partial charge in [0.1, 0.15) is 16.1 Å². The highest BCUT2D eigenvalue weighted by molar-refractivity contribution is 9.10. The van der Waals surface area contributed by atoms with Crippen LogP contribution in [0.25, 0.3) is 0 Å². The number of hydrogen-bond acceptors (Lipinski definition) is 6. The molecule has 0 spiro atoms. The zero-order chi connectivity index (χ0) is 25.9. The molecule has 8 nitrogen and oxygen atoms in total. The molecule has 1 heterocycles. The molecule has 4 rings (SSSR count). The van der Waals surface area contributed by atoms with Gasteiger partial charge in [0.15, 0.2) is 11.0 Å². The van der Waals surface area contributed by atoms with Crippen molar-refractivity contribution < 1.29 is 17.9 Å². The number of hydrogen-bond donors (Lipinski definition) is 2. The van der Waals surface area contributed by atoms with Crippen molar-refractivity contribution in [2.45, 2.75) is 4.90 Å². The van der Waals surface area contributed by atoms with Gasteiger partial charge in [0.2, 0.25) is 0 Å². The Morgan fingerprint density at radius 3 is 2.39 bits per heavy atom. The Morgan fingerprint density at radius 2 is 1.69 bits per heavy atom. The lowest BCUT2D eigenvalue weighted by Gasteiger charge is -2.14. The summed E-state index contributed by atoms with van der Waals surface area (Å²) in [5.74, 6) is 0.215. The molecule has 1 amide bonds. The van der Waals surface area contributed by atoms with Crippen LogP contribution < -0.4 is 14.8 Å². The van der Waals surface area contributed by atoms with Crippen molar-refractivity contribution in [2.75, 3.05) is 10.0 Å². The molecule has 0 aliphatic heterocycles. The lowest BCUT2D eigenvalue weighted by Crippen LogP contribution is -2.19. The standard InChI is InChI=1S/C23H14BrCl3N4O4S/c24-21-22(27)29-20(12-28-21)30-23(32)16-11-13(25)5-10-18(16)31-36(33,34)15-8-6-14(7-9-15)35-19-4-2-1-3-17(19)26/h1-12,31H,(H,29,30,32). The topological polar surface area (TPSA) is 110 Å². The van der Waals surface area contributed by atoms with Gasteiger partial charge in [0.05, 0.1) is 27.4 Å². The molecular formula is C23H14BrCl3N4O4S. The summed E-state index contributed by atoms with van der Waals surface area (Å²) < 4.78 is 34.5. The molecule has 0 saturated heterocycles. The molecular weight excluding hydrogens is 615 g/mol. The third kappa shape index (κ3) is 6.26. The normalized spacial score (nSPS) is 11.1. The minimum absolute atomic E-state index is 0.00413. The molecule has 0 aliphatic carbocycles. The van der Waals surface area contributed by atoms with Gasteiger partial charge in [-0.15, -0.1) is 0 Å². The van der Waals surface area contributed by atoms with Crippen LogP contribution in [0.15, 0.2) is 82.4 Å². The number of amides is 1. The Kier molecular flexibility index (Phi) is 8.01. The fourth-order valence-electron chi connectivity index (χ4n) is 2.93. The lowest BCUT2D eigenvalue weighted by molar-refractivity contribution is 0.102. The van der Waals surface area contributed by atoms with Crippen molar-refractivity contribution in [1.29, 1.82) is 0 Å². The van der Waals surface area contributed by atoms with Crippen molar-refractivity contribution in [3.8, 4) is 11.5 Å². The van der Waals surface area contributed by atoms with Crippen LogP contribution in [0, 0.1) is 0 Å². The summed E-state index contributed by atoms with van der Waals surface area (Å²) in [6, 6.07) is 16.8.